The second kappa shape index (κ2) is 6.94. The lowest BCUT2D eigenvalue weighted by Gasteiger charge is -2.31. The topological polar surface area (TPSA) is 9.23 Å². The smallest absolute Gasteiger partial charge is 0.128 e. The highest BCUT2D eigenvalue weighted by Crippen LogP contribution is 2.44. The summed E-state index contributed by atoms with van der Waals surface area (Å²) in [7, 11) is 0. The summed E-state index contributed by atoms with van der Waals surface area (Å²) < 4.78 is 6.31. The van der Waals surface area contributed by atoms with Crippen molar-refractivity contribution in [2.75, 3.05) is 0 Å². The van der Waals surface area contributed by atoms with E-state index in [4.69, 9.17) is 11.0 Å². The van der Waals surface area contributed by atoms with E-state index in [9.17, 15) is 0 Å². The maximum Gasteiger partial charge on any atom is 0.128 e. The minimum atomic E-state index is -2.03. The van der Waals surface area contributed by atoms with Gasteiger partial charge in [0.2, 0.25) is 0 Å². The molecule has 0 radical (unpaired) electrons. The molecule has 2 heteroatoms. The van der Waals surface area contributed by atoms with Gasteiger partial charge < -0.3 is 4.74 Å². The lowest BCUT2D eigenvalue weighted by Crippen LogP contribution is -2.30. The number of para-hydroxylation sites is 1. The molecular formula is C23H25OP. The number of hydrogen-bond donors (Lipinski definition) is 0. The van der Waals surface area contributed by atoms with Crippen molar-refractivity contribution in [1.82, 2.24) is 0 Å². The maximum atomic E-state index is 6.31. The highest BCUT2D eigenvalue weighted by Gasteiger charge is 2.26. The third kappa shape index (κ3) is 3.72. The third-order valence-corrected chi connectivity index (χ3v) is 7.64. The molecule has 0 atom stereocenters. The van der Waals surface area contributed by atoms with Crippen molar-refractivity contribution in [3.8, 4) is 5.75 Å². The Morgan fingerprint density at radius 1 is 0.680 bits per heavy atom. The van der Waals surface area contributed by atoms with Gasteiger partial charge in [0.25, 0.3) is 0 Å². The van der Waals surface area contributed by atoms with Crippen LogP contribution in [0.25, 0.3) is 0 Å². The molecule has 0 saturated carbocycles. The zero-order valence-corrected chi connectivity index (χ0v) is 16.0. The molecule has 3 aromatic carbocycles. The molecule has 0 amide bonds. The number of hydrogen-bond acceptors (Lipinski definition) is 1. The largest absolute Gasteiger partial charge is 0.487 e. The molecule has 25 heavy (non-hydrogen) atoms. The van der Waals surface area contributed by atoms with Gasteiger partial charge in [0.15, 0.2) is 0 Å². The van der Waals surface area contributed by atoms with E-state index in [0.29, 0.717) is 0 Å². The van der Waals surface area contributed by atoms with E-state index in [1.807, 2.05) is 6.07 Å². The van der Waals surface area contributed by atoms with E-state index in [1.165, 1.54) is 15.9 Å². The highest BCUT2D eigenvalue weighted by atomic mass is 31.2. The predicted octanol–water partition coefficient (Wildman–Crippen LogP) is 4.59. The second-order valence-electron chi connectivity index (χ2n) is 7.16. The van der Waals surface area contributed by atoms with Crippen LogP contribution in [0.4, 0.5) is 0 Å². The predicted molar refractivity (Wildman–Crippen MR) is 113 cm³/mol. The van der Waals surface area contributed by atoms with E-state index in [2.05, 4.69) is 99.6 Å². The second-order valence-corrected chi connectivity index (χ2v) is 10.3. The first-order chi connectivity index (χ1) is 11.9. The standard InChI is InChI=1S/C23H25OP/c1-23(2,3)24-21-17-11-12-18-22(21)25(4,19-13-7-5-8-14-19)20-15-9-6-10-16-20/h5-18H,4H2,1-3H3. The summed E-state index contributed by atoms with van der Waals surface area (Å²) in [5.74, 6) is 0.922. The molecule has 3 aromatic rings. The van der Waals surface area contributed by atoms with E-state index in [1.54, 1.807) is 0 Å². The van der Waals surface area contributed by atoms with Crippen LogP contribution in [0, 0.1) is 0 Å². The van der Waals surface area contributed by atoms with Crippen LogP contribution >= 0.6 is 6.89 Å². The van der Waals surface area contributed by atoms with Gasteiger partial charge in [-0.1, -0.05) is 85.2 Å². The van der Waals surface area contributed by atoms with Crippen LogP contribution in [0.15, 0.2) is 84.9 Å². The summed E-state index contributed by atoms with van der Waals surface area (Å²) in [6, 6.07) is 29.5. The van der Waals surface area contributed by atoms with Crippen LogP contribution < -0.4 is 20.7 Å². The Kier molecular flexibility index (Phi) is 4.88. The normalized spacial score (nSPS) is 12.0. The molecule has 1 nitrogen and oxygen atoms in total. The van der Waals surface area contributed by atoms with Crippen LogP contribution in [-0.2, 0) is 0 Å². The molecule has 0 aliphatic rings. The highest BCUT2D eigenvalue weighted by molar-refractivity contribution is 7.93. The Morgan fingerprint density at radius 3 is 1.60 bits per heavy atom. The SMILES string of the molecule is C=P(c1ccccc1)(c1ccccc1)c1ccccc1OC(C)(C)C. The van der Waals surface area contributed by atoms with Crippen LogP contribution in [0.1, 0.15) is 20.8 Å². The van der Waals surface area contributed by atoms with Crippen molar-refractivity contribution in [2.45, 2.75) is 26.4 Å². The van der Waals surface area contributed by atoms with Crippen molar-refractivity contribution in [3.05, 3.63) is 84.9 Å². The minimum Gasteiger partial charge on any atom is -0.487 e. The van der Waals surface area contributed by atoms with Crippen LogP contribution in [0.2, 0.25) is 0 Å². The Labute approximate surface area is 151 Å². The lowest BCUT2D eigenvalue weighted by molar-refractivity contribution is 0.132. The first-order valence-electron chi connectivity index (χ1n) is 8.54. The Bertz CT molecular complexity index is 833. The summed E-state index contributed by atoms with van der Waals surface area (Å²) in [4.78, 5) is 0. The van der Waals surface area contributed by atoms with Crippen molar-refractivity contribution in [3.63, 3.8) is 0 Å². The lowest BCUT2D eigenvalue weighted by atomic mass is 10.2. The van der Waals surface area contributed by atoms with Gasteiger partial charge in [-0.05, 0) is 44.3 Å². The summed E-state index contributed by atoms with van der Waals surface area (Å²) >= 11 is 0. The van der Waals surface area contributed by atoms with E-state index in [0.717, 1.165) is 5.75 Å². The van der Waals surface area contributed by atoms with Crippen LogP contribution in [0.3, 0.4) is 0 Å². The van der Waals surface area contributed by atoms with Gasteiger partial charge in [-0.15, -0.1) is 0 Å². The maximum absolute atomic E-state index is 6.31. The first kappa shape index (κ1) is 17.6. The molecule has 3 rings (SSSR count). The molecule has 0 aliphatic carbocycles. The van der Waals surface area contributed by atoms with Gasteiger partial charge in [0.05, 0.1) is 0 Å². The van der Waals surface area contributed by atoms with Crippen LogP contribution in [0.5, 0.6) is 5.75 Å². The molecule has 0 aliphatic heterocycles. The molecule has 0 spiro atoms. The van der Waals surface area contributed by atoms with Gasteiger partial charge in [0.1, 0.15) is 11.4 Å². The zero-order valence-electron chi connectivity index (χ0n) is 15.1. The minimum absolute atomic E-state index is 0.256. The fourth-order valence-electron chi connectivity index (χ4n) is 2.98. The van der Waals surface area contributed by atoms with Crippen molar-refractivity contribution < 1.29 is 4.74 Å². The van der Waals surface area contributed by atoms with Crippen molar-refractivity contribution in [2.24, 2.45) is 0 Å². The third-order valence-electron chi connectivity index (χ3n) is 4.09. The summed E-state index contributed by atoms with van der Waals surface area (Å²) in [6.07, 6.45) is 4.80. The molecule has 0 heterocycles. The molecule has 0 bridgehead atoms. The van der Waals surface area contributed by atoms with Gasteiger partial charge in [0, 0.05) is 5.30 Å². The quantitative estimate of drug-likeness (QED) is 0.627. The molecule has 0 saturated heterocycles. The number of rotatable bonds is 4. The van der Waals surface area contributed by atoms with E-state index >= 15 is 0 Å². The number of ether oxygens (including phenoxy) is 1. The molecular weight excluding hydrogens is 323 g/mol. The van der Waals surface area contributed by atoms with Crippen molar-refractivity contribution >= 4 is 29.1 Å². The van der Waals surface area contributed by atoms with Gasteiger partial charge in [-0.2, -0.15) is 0 Å². The first-order valence-corrected chi connectivity index (χ1v) is 10.5. The summed E-state index contributed by atoms with van der Waals surface area (Å²) in [6.45, 7) is 4.22. The average Bonchev–Trinajstić information content (AvgIpc) is 2.62. The molecule has 0 unspecified atom stereocenters. The van der Waals surface area contributed by atoms with Gasteiger partial charge >= 0.3 is 0 Å². The van der Waals surface area contributed by atoms with Crippen molar-refractivity contribution in [1.29, 1.82) is 0 Å². The summed E-state index contributed by atoms with van der Waals surface area (Å²) in [5.41, 5.74) is -0.256. The molecule has 0 aromatic heterocycles. The van der Waals surface area contributed by atoms with E-state index in [-0.39, 0.29) is 5.60 Å². The fourth-order valence-corrected chi connectivity index (χ4v) is 6.03. The van der Waals surface area contributed by atoms with E-state index < -0.39 is 6.89 Å². The molecule has 128 valence electrons. The summed E-state index contributed by atoms with van der Waals surface area (Å²) in [5, 5.41) is 3.69. The average molecular weight is 348 g/mol. The van der Waals surface area contributed by atoms with Gasteiger partial charge in [-0.25, -0.2) is 0 Å². The Morgan fingerprint density at radius 2 is 1.12 bits per heavy atom. The Hall–Kier alpha value is -2.24. The van der Waals surface area contributed by atoms with Gasteiger partial charge in [-0.3, -0.25) is 0 Å². The monoisotopic (exact) mass is 348 g/mol. The number of benzene rings is 3. The zero-order chi connectivity index (χ0) is 17.9. The van der Waals surface area contributed by atoms with Crippen LogP contribution in [-0.4, -0.2) is 11.9 Å². The molecule has 0 fully saturated rings. The molecule has 0 N–H and O–H groups in total. The fraction of sp³-hybridized carbons (Fsp3) is 0.174. The Balaban J connectivity index is 2.27.